The lowest BCUT2D eigenvalue weighted by molar-refractivity contribution is -0.385. The van der Waals surface area contributed by atoms with Crippen LogP contribution in [0.5, 0.6) is 0 Å². The average Bonchev–Trinajstić information content (AvgIpc) is 3.21. The lowest BCUT2D eigenvalue weighted by Crippen LogP contribution is -2.47. The van der Waals surface area contributed by atoms with Gasteiger partial charge in [-0.05, 0) is 53.2 Å². The molecule has 2 N–H and O–H groups in total. The lowest BCUT2D eigenvalue weighted by Gasteiger charge is -2.29. The largest absolute Gasteiger partial charge is 0.394 e. The third kappa shape index (κ3) is 3.32. The predicted molar refractivity (Wildman–Crippen MR) is 75.9 cm³/mol. The molecule has 1 unspecified atom stereocenters. The second-order valence-electron chi connectivity index (χ2n) is 5.25. The Morgan fingerprint density at radius 2 is 2.26 bits per heavy atom. The maximum Gasteiger partial charge on any atom is 0.283 e. The highest BCUT2D eigenvalue weighted by atomic mass is 79.9. The van der Waals surface area contributed by atoms with Crippen LogP contribution in [0.2, 0.25) is 0 Å². The van der Waals surface area contributed by atoms with Crippen LogP contribution in [-0.2, 0) is 6.54 Å². The average molecular weight is 329 g/mol. The molecule has 0 spiro atoms. The maximum absolute atomic E-state index is 10.9. The van der Waals surface area contributed by atoms with Crippen molar-refractivity contribution in [2.75, 3.05) is 6.61 Å². The molecule has 0 heterocycles. The molecule has 1 aromatic carbocycles. The van der Waals surface area contributed by atoms with E-state index in [1.807, 2.05) is 13.0 Å². The van der Waals surface area contributed by atoms with Gasteiger partial charge in [0.05, 0.1) is 16.0 Å². The molecule has 104 valence electrons. The fourth-order valence-corrected chi connectivity index (χ4v) is 2.55. The number of nitro groups is 1. The summed E-state index contributed by atoms with van der Waals surface area (Å²) in [6.07, 6.45) is 2.26. The number of nitrogens with zero attached hydrogens (tertiary/aromatic N) is 1. The van der Waals surface area contributed by atoms with Gasteiger partial charge >= 0.3 is 0 Å². The number of aliphatic hydroxyl groups is 1. The van der Waals surface area contributed by atoms with Gasteiger partial charge in [-0.1, -0.05) is 6.07 Å². The molecule has 1 aliphatic carbocycles. The van der Waals surface area contributed by atoms with E-state index in [0.29, 0.717) is 16.9 Å². The minimum absolute atomic E-state index is 0.0661. The molecule has 6 heteroatoms. The number of aliphatic hydroxyl groups excluding tert-OH is 1. The van der Waals surface area contributed by atoms with E-state index in [-0.39, 0.29) is 17.8 Å². The quantitative estimate of drug-likeness (QED) is 0.621. The molecule has 0 bridgehead atoms. The van der Waals surface area contributed by atoms with Gasteiger partial charge in [0, 0.05) is 18.2 Å². The third-order valence-electron chi connectivity index (χ3n) is 3.71. The van der Waals surface area contributed by atoms with Crippen molar-refractivity contribution < 1.29 is 10.0 Å². The molecular formula is C13H17BrN2O3. The van der Waals surface area contributed by atoms with Crippen molar-refractivity contribution in [2.45, 2.75) is 31.8 Å². The molecule has 1 aromatic rings. The number of rotatable bonds is 6. The summed E-state index contributed by atoms with van der Waals surface area (Å²) in [5, 5.41) is 23.7. The zero-order valence-electron chi connectivity index (χ0n) is 10.7. The summed E-state index contributed by atoms with van der Waals surface area (Å²) in [7, 11) is 0. The Labute approximate surface area is 120 Å². The zero-order valence-corrected chi connectivity index (χ0v) is 12.3. The van der Waals surface area contributed by atoms with Gasteiger partial charge in [0.1, 0.15) is 0 Å². The van der Waals surface area contributed by atoms with Crippen LogP contribution in [0.25, 0.3) is 0 Å². The fraction of sp³-hybridized carbons (Fsp3) is 0.538. The van der Waals surface area contributed by atoms with Crippen molar-refractivity contribution in [3.63, 3.8) is 0 Å². The van der Waals surface area contributed by atoms with Gasteiger partial charge in [-0.3, -0.25) is 10.1 Å². The van der Waals surface area contributed by atoms with Crippen LogP contribution in [0, 0.1) is 16.0 Å². The van der Waals surface area contributed by atoms with Crippen LogP contribution < -0.4 is 5.32 Å². The molecule has 0 amide bonds. The highest BCUT2D eigenvalue weighted by Gasteiger charge is 2.40. The van der Waals surface area contributed by atoms with Crippen LogP contribution >= 0.6 is 15.9 Å². The van der Waals surface area contributed by atoms with Crippen molar-refractivity contribution in [3.05, 3.63) is 38.3 Å². The van der Waals surface area contributed by atoms with Crippen molar-refractivity contribution in [2.24, 2.45) is 5.92 Å². The van der Waals surface area contributed by atoms with E-state index in [0.717, 1.165) is 18.4 Å². The van der Waals surface area contributed by atoms with Crippen LogP contribution in [0.3, 0.4) is 0 Å². The number of nitro benzene ring substituents is 1. The monoisotopic (exact) mass is 328 g/mol. The first-order valence-corrected chi connectivity index (χ1v) is 7.04. The molecule has 0 aliphatic heterocycles. The Morgan fingerprint density at radius 1 is 1.58 bits per heavy atom. The van der Waals surface area contributed by atoms with E-state index < -0.39 is 4.92 Å². The second-order valence-corrected chi connectivity index (χ2v) is 6.10. The predicted octanol–water partition coefficient (Wildman–Crippen LogP) is 2.61. The Kier molecular flexibility index (Phi) is 4.23. The maximum atomic E-state index is 10.9. The van der Waals surface area contributed by atoms with Gasteiger partial charge in [-0.2, -0.15) is 0 Å². The summed E-state index contributed by atoms with van der Waals surface area (Å²) in [6, 6.07) is 5.08. The Hall–Kier alpha value is -0.980. The number of halogens is 1. The Bertz CT molecular complexity index is 491. The normalized spacial score (nSPS) is 18.1. The third-order valence-corrected chi connectivity index (χ3v) is 4.38. The summed E-state index contributed by atoms with van der Waals surface area (Å²) >= 11 is 3.17. The molecule has 5 nitrogen and oxygen atoms in total. The van der Waals surface area contributed by atoms with Crippen LogP contribution in [-0.4, -0.2) is 22.2 Å². The summed E-state index contributed by atoms with van der Waals surface area (Å²) in [5.41, 5.74) is 0.619. The minimum Gasteiger partial charge on any atom is -0.394 e. The van der Waals surface area contributed by atoms with Crippen molar-refractivity contribution in [3.8, 4) is 0 Å². The standard InChI is InChI=1S/C13H17BrN2O3/c1-13(8-17,10-3-4-10)15-7-9-2-5-11(14)12(6-9)16(18)19/h2,5-6,10,15,17H,3-4,7-8H2,1H3. The smallest absolute Gasteiger partial charge is 0.283 e. The topological polar surface area (TPSA) is 75.4 Å². The highest BCUT2D eigenvalue weighted by molar-refractivity contribution is 9.10. The molecule has 2 rings (SSSR count). The molecule has 19 heavy (non-hydrogen) atoms. The van der Waals surface area contributed by atoms with E-state index in [1.54, 1.807) is 12.1 Å². The van der Waals surface area contributed by atoms with E-state index in [1.165, 1.54) is 0 Å². The van der Waals surface area contributed by atoms with Crippen molar-refractivity contribution >= 4 is 21.6 Å². The number of hydrogen-bond acceptors (Lipinski definition) is 4. The summed E-state index contributed by atoms with van der Waals surface area (Å²) in [4.78, 5) is 10.5. The fourth-order valence-electron chi connectivity index (χ4n) is 2.16. The first-order valence-electron chi connectivity index (χ1n) is 6.25. The Balaban J connectivity index is 2.07. The molecule has 0 radical (unpaired) electrons. The molecule has 1 saturated carbocycles. The molecule has 1 aliphatic rings. The lowest BCUT2D eigenvalue weighted by atomic mass is 9.96. The minimum atomic E-state index is -0.403. The van der Waals surface area contributed by atoms with Gasteiger partial charge in [-0.15, -0.1) is 0 Å². The van der Waals surface area contributed by atoms with Crippen molar-refractivity contribution in [1.82, 2.24) is 5.32 Å². The highest BCUT2D eigenvalue weighted by Crippen LogP contribution is 2.39. The number of nitrogens with one attached hydrogen (secondary N) is 1. The van der Waals surface area contributed by atoms with Gasteiger partial charge in [-0.25, -0.2) is 0 Å². The summed E-state index contributed by atoms with van der Waals surface area (Å²) in [6.45, 7) is 2.59. The molecule has 0 aromatic heterocycles. The van der Waals surface area contributed by atoms with E-state index in [4.69, 9.17) is 0 Å². The first kappa shape index (κ1) is 14.4. The van der Waals surface area contributed by atoms with E-state index in [2.05, 4.69) is 21.2 Å². The van der Waals surface area contributed by atoms with Gasteiger partial charge in [0.15, 0.2) is 0 Å². The van der Waals surface area contributed by atoms with Crippen LogP contribution in [0.15, 0.2) is 22.7 Å². The number of benzene rings is 1. The molecule has 0 saturated heterocycles. The van der Waals surface area contributed by atoms with E-state index >= 15 is 0 Å². The van der Waals surface area contributed by atoms with Crippen LogP contribution in [0.4, 0.5) is 5.69 Å². The molecular weight excluding hydrogens is 312 g/mol. The van der Waals surface area contributed by atoms with Crippen LogP contribution in [0.1, 0.15) is 25.3 Å². The zero-order chi connectivity index (χ0) is 14.0. The van der Waals surface area contributed by atoms with Crippen molar-refractivity contribution in [1.29, 1.82) is 0 Å². The Morgan fingerprint density at radius 3 is 2.79 bits per heavy atom. The first-order chi connectivity index (χ1) is 8.96. The second kappa shape index (κ2) is 5.56. The van der Waals surface area contributed by atoms with E-state index in [9.17, 15) is 15.2 Å². The molecule has 1 atom stereocenters. The van der Waals surface area contributed by atoms with Gasteiger partial charge < -0.3 is 10.4 Å². The SMILES string of the molecule is CC(CO)(NCc1ccc(Br)c([N+](=O)[O-])c1)C1CC1. The van der Waals surface area contributed by atoms with Gasteiger partial charge in [0.2, 0.25) is 0 Å². The van der Waals surface area contributed by atoms with Gasteiger partial charge in [0.25, 0.3) is 5.69 Å². The molecule has 1 fully saturated rings. The summed E-state index contributed by atoms with van der Waals surface area (Å²) in [5.74, 6) is 0.503. The number of hydrogen-bond donors (Lipinski definition) is 2. The summed E-state index contributed by atoms with van der Waals surface area (Å²) < 4.78 is 0.480.